The molecule has 8 heteroatoms. The Kier molecular flexibility index (Phi) is 5.07. The van der Waals surface area contributed by atoms with Crippen molar-refractivity contribution in [1.29, 1.82) is 0 Å². The predicted molar refractivity (Wildman–Crippen MR) is 92.3 cm³/mol. The molecular formula is C19H14F3N3O2. The lowest BCUT2D eigenvalue weighted by Gasteiger charge is -2.13. The van der Waals surface area contributed by atoms with E-state index in [0.717, 1.165) is 18.2 Å². The van der Waals surface area contributed by atoms with Gasteiger partial charge in [0.05, 0.1) is 17.1 Å². The van der Waals surface area contributed by atoms with Crippen LogP contribution in [-0.2, 0) is 0 Å². The summed E-state index contributed by atoms with van der Waals surface area (Å²) in [6.45, 7) is 3.20. The van der Waals surface area contributed by atoms with Crippen LogP contribution < -0.4 is 10.1 Å². The maximum Gasteiger partial charge on any atom is 0.322 e. The summed E-state index contributed by atoms with van der Waals surface area (Å²) in [6.07, 6.45) is 0. The molecule has 3 aromatic rings. The van der Waals surface area contributed by atoms with Gasteiger partial charge in [0, 0.05) is 5.56 Å². The fraction of sp³-hybridized carbons (Fsp3) is 0.105. The van der Waals surface area contributed by atoms with Crippen LogP contribution in [0.25, 0.3) is 0 Å². The number of hydrogen-bond acceptors (Lipinski definition) is 4. The fourth-order valence-corrected chi connectivity index (χ4v) is 2.36. The van der Waals surface area contributed by atoms with Gasteiger partial charge in [0.15, 0.2) is 23.2 Å². The van der Waals surface area contributed by atoms with E-state index in [0.29, 0.717) is 17.1 Å². The van der Waals surface area contributed by atoms with E-state index in [2.05, 4.69) is 15.3 Å². The molecule has 0 aliphatic heterocycles. The molecule has 0 fully saturated rings. The number of benzene rings is 2. The molecule has 138 valence electrons. The van der Waals surface area contributed by atoms with Gasteiger partial charge in [-0.25, -0.2) is 13.2 Å². The van der Waals surface area contributed by atoms with Gasteiger partial charge in [-0.15, -0.1) is 0 Å². The molecule has 2 aromatic carbocycles. The quantitative estimate of drug-likeness (QED) is 0.728. The highest BCUT2D eigenvalue weighted by Gasteiger charge is 2.16. The second-order valence-corrected chi connectivity index (χ2v) is 5.67. The summed E-state index contributed by atoms with van der Waals surface area (Å²) in [4.78, 5) is 20.5. The van der Waals surface area contributed by atoms with Gasteiger partial charge in [-0.05, 0) is 44.2 Å². The summed E-state index contributed by atoms with van der Waals surface area (Å²) in [7, 11) is 0. The van der Waals surface area contributed by atoms with E-state index in [-0.39, 0.29) is 17.3 Å². The Hall–Kier alpha value is -3.42. The maximum absolute atomic E-state index is 13.7. The van der Waals surface area contributed by atoms with Gasteiger partial charge in [0.25, 0.3) is 5.91 Å². The molecule has 1 amide bonds. The van der Waals surface area contributed by atoms with Crippen LogP contribution in [0.1, 0.15) is 21.7 Å². The number of para-hydroxylation sites is 1. The average molecular weight is 373 g/mol. The Bertz CT molecular complexity index is 1000. The van der Waals surface area contributed by atoms with Crippen molar-refractivity contribution < 1.29 is 22.7 Å². The minimum absolute atomic E-state index is 0.0325. The lowest BCUT2D eigenvalue weighted by Crippen LogP contribution is -2.15. The number of hydrogen-bond donors (Lipinski definition) is 1. The molecule has 0 aliphatic carbocycles. The third kappa shape index (κ3) is 4.05. The molecule has 0 spiro atoms. The molecule has 3 rings (SSSR count). The Morgan fingerprint density at radius 2 is 1.59 bits per heavy atom. The van der Waals surface area contributed by atoms with Crippen LogP contribution in [0.4, 0.5) is 18.9 Å². The molecule has 1 aromatic heterocycles. The van der Waals surface area contributed by atoms with Gasteiger partial charge in [0.2, 0.25) is 0 Å². The Morgan fingerprint density at radius 1 is 0.926 bits per heavy atom. The van der Waals surface area contributed by atoms with Crippen molar-refractivity contribution in [2.45, 2.75) is 13.8 Å². The van der Waals surface area contributed by atoms with E-state index in [1.165, 1.54) is 18.2 Å². The van der Waals surface area contributed by atoms with Crippen LogP contribution in [-0.4, -0.2) is 15.9 Å². The number of aryl methyl sites for hydroxylation is 2. The average Bonchev–Trinajstić information content (AvgIpc) is 2.62. The molecule has 0 bridgehead atoms. The van der Waals surface area contributed by atoms with Gasteiger partial charge in [0.1, 0.15) is 0 Å². The van der Waals surface area contributed by atoms with Crippen molar-refractivity contribution in [3.63, 3.8) is 0 Å². The predicted octanol–water partition coefficient (Wildman–Crippen LogP) is 4.56. The molecule has 1 heterocycles. The zero-order valence-corrected chi connectivity index (χ0v) is 14.4. The van der Waals surface area contributed by atoms with Gasteiger partial charge < -0.3 is 10.1 Å². The number of rotatable bonds is 4. The molecule has 27 heavy (non-hydrogen) atoms. The Morgan fingerprint density at radius 3 is 2.22 bits per heavy atom. The lowest BCUT2D eigenvalue weighted by molar-refractivity contribution is 0.102. The first-order valence-corrected chi connectivity index (χ1v) is 7.89. The van der Waals surface area contributed by atoms with Crippen molar-refractivity contribution in [3.8, 4) is 11.8 Å². The Balaban J connectivity index is 1.83. The molecule has 1 N–H and O–H groups in total. The summed E-state index contributed by atoms with van der Waals surface area (Å²) in [6, 6.07) is 8.55. The summed E-state index contributed by atoms with van der Waals surface area (Å²) in [5.41, 5.74) is 0.972. The van der Waals surface area contributed by atoms with Gasteiger partial charge in [-0.2, -0.15) is 9.97 Å². The molecule has 0 atom stereocenters. The highest BCUT2D eigenvalue weighted by Crippen LogP contribution is 2.25. The number of anilines is 1. The van der Waals surface area contributed by atoms with E-state index < -0.39 is 23.4 Å². The standard InChI is InChI=1S/C19H14F3N3O2/c1-10-17(25-18(26)12-7-8-13(20)15(22)9-12)11(2)24-19(23-10)27-16-6-4-3-5-14(16)21/h3-9H,1-2H3,(H,25,26). The van der Waals surface area contributed by atoms with Crippen LogP contribution in [0.3, 0.4) is 0 Å². The van der Waals surface area contributed by atoms with E-state index >= 15 is 0 Å². The summed E-state index contributed by atoms with van der Waals surface area (Å²) >= 11 is 0. The molecular weight excluding hydrogens is 359 g/mol. The molecule has 0 radical (unpaired) electrons. The number of aromatic nitrogens is 2. The summed E-state index contributed by atoms with van der Waals surface area (Å²) in [5.74, 6) is -3.41. The third-order valence-electron chi connectivity index (χ3n) is 3.71. The van der Waals surface area contributed by atoms with E-state index in [4.69, 9.17) is 4.74 Å². The van der Waals surface area contributed by atoms with Crippen molar-refractivity contribution in [3.05, 3.63) is 76.9 Å². The second-order valence-electron chi connectivity index (χ2n) is 5.67. The number of carbonyl (C=O) groups is 1. The minimum Gasteiger partial charge on any atom is -0.421 e. The zero-order valence-electron chi connectivity index (χ0n) is 14.4. The van der Waals surface area contributed by atoms with Crippen LogP contribution in [0.5, 0.6) is 11.8 Å². The maximum atomic E-state index is 13.7. The number of carbonyl (C=O) groups excluding carboxylic acids is 1. The second kappa shape index (κ2) is 7.45. The smallest absolute Gasteiger partial charge is 0.322 e. The first kappa shape index (κ1) is 18.4. The number of nitrogens with zero attached hydrogens (tertiary/aromatic N) is 2. The first-order valence-electron chi connectivity index (χ1n) is 7.89. The van der Waals surface area contributed by atoms with E-state index in [1.54, 1.807) is 19.9 Å². The molecule has 0 unspecified atom stereocenters. The van der Waals surface area contributed by atoms with Crippen LogP contribution >= 0.6 is 0 Å². The Labute approximate surface area is 152 Å². The number of amides is 1. The van der Waals surface area contributed by atoms with Gasteiger partial charge in [-0.1, -0.05) is 12.1 Å². The first-order chi connectivity index (χ1) is 12.8. The van der Waals surface area contributed by atoms with Crippen molar-refractivity contribution in [2.75, 3.05) is 5.32 Å². The monoisotopic (exact) mass is 373 g/mol. The van der Waals surface area contributed by atoms with Gasteiger partial charge in [-0.3, -0.25) is 4.79 Å². The van der Waals surface area contributed by atoms with Crippen LogP contribution in [0, 0.1) is 31.3 Å². The summed E-state index contributed by atoms with van der Waals surface area (Å²) < 4.78 is 45.3. The minimum atomic E-state index is -1.12. The van der Waals surface area contributed by atoms with E-state index in [9.17, 15) is 18.0 Å². The zero-order chi connectivity index (χ0) is 19.6. The highest BCUT2D eigenvalue weighted by atomic mass is 19.2. The molecule has 0 saturated heterocycles. The topological polar surface area (TPSA) is 64.1 Å². The number of nitrogens with one attached hydrogen (secondary N) is 1. The van der Waals surface area contributed by atoms with Crippen LogP contribution in [0.15, 0.2) is 42.5 Å². The van der Waals surface area contributed by atoms with Gasteiger partial charge >= 0.3 is 6.01 Å². The molecule has 0 aliphatic rings. The molecule has 0 saturated carbocycles. The largest absolute Gasteiger partial charge is 0.421 e. The van der Waals surface area contributed by atoms with Crippen LogP contribution in [0.2, 0.25) is 0 Å². The summed E-state index contributed by atoms with van der Waals surface area (Å²) in [5, 5.41) is 2.56. The van der Waals surface area contributed by atoms with E-state index in [1.807, 2.05) is 0 Å². The van der Waals surface area contributed by atoms with Crippen molar-refractivity contribution in [1.82, 2.24) is 9.97 Å². The fourth-order valence-electron chi connectivity index (χ4n) is 2.36. The normalized spacial score (nSPS) is 10.6. The SMILES string of the molecule is Cc1nc(Oc2ccccc2F)nc(C)c1NC(=O)c1ccc(F)c(F)c1. The van der Waals surface area contributed by atoms with Crippen molar-refractivity contribution >= 4 is 11.6 Å². The number of ether oxygens (including phenoxy) is 1. The highest BCUT2D eigenvalue weighted by molar-refractivity contribution is 6.04. The molecule has 5 nitrogen and oxygen atoms in total. The van der Waals surface area contributed by atoms with Crippen molar-refractivity contribution in [2.24, 2.45) is 0 Å². The number of halogens is 3. The third-order valence-corrected chi connectivity index (χ3v) is 3.71. The lowest BCUT2D eigenvalue weighted by atomic mass is 10.2.